The van der Waals surface area contributed by atoms with Crippen molar-refractivity contribution in [1.29, 1.82) is 0 Å². The van der Waals surface area contributed by atoms with Gasteiger partial charge in [0, 0.05) is 7.05 Å². The molecule has 0 atom stereocenters. The highest BCUT2D eigenvalue weighted by Crippen LogP contribution is 2.34. The van der Waals surface area contributed by atoms with Gasteiger partial charge in [-0.25, -0.2) is 4.79 Å². The lowest BCUT2D eigenvalue weighted by molar-refractivity contribution is 0.255. The minimum Gasteiger partial charge on any atom is -0.370 e. The highest BCUT2D eigenvalue weighted by atomic mass is 35.5. The van der Waals surface area contributed by atoms with Gasteiger partial charge in [0.1, 0.15) is 0 Å². The summed E-state index contributed by atoms with van der Waals surface area (Å²) in [5.41, 5.74) is 11.5. The van der Waals surface area contributed by atoms with E-state index in [2.05, 4.69) is 4.99 Å². The second-order valence-corrected chi connectivity index (χ2v) is 4.27. The lowest BCUT2D eigenvalue weighted by atomic mass is 10.2. The second kappa shape index (κ2) is 5.25. The molecular formula is C10H12Cl2N4O. The number of nitrogens with zero attached hydrogens (tertiary/aromatic N) is 2. The van der Waals surface area contributed by atoms with Crippen molar-refractivity contribution in [3.8, 4) is 0 Å². The first-order valence-electron chi connectivity index (χ1n) is 4.66. The molecule has 0 saturated heterocycles. The number of aliphatic imine (C=N–C) groups is 1. The predicted octanol–water partition coefficient (Wildman–Crippen LogP) is 2.13. The van der Waals surface area contributed by atoms with Gasteiger partial charge in [-0.05, 0) is 24.6 Å². The van der Waals surface area contributed by atoms with Gasteiger partial charge >= 0.3 is 6.03 Å². The summed E-state index contributed by atoms with van der Waals surface area (Å²) in [5, 5.41) is 0.716. The van der Waals surface area contributed by atoms with Crippen molar-refractivity contribution in [2.75, 3.05) is 11.9 Å². The number of amides is 2. The van der Waals surface area contributed by atoms with Crippen molar-refractivity contribution >= 4 is 40.9 Å². The van der Waals surface area contributed by atoms with Crippen LogP contribution in [0.15, 0.2) is 17.1 Å². The van der Waals surface area contributed by atoms with E-state index in [0.29, 0.717) is 15.7 Å². The van der Waals surface area contributed by atoms with Crippen LogP contribution in [0.1, 0.15) is 5.56 Å². The molecule has 0 aliphatic rings. The zero-order chi connectivity index (χ0) is 13.2. The average molecular weight is 275 g/mol. The number of rotatable bonds is 1. The molecule has 0 radical (unpaired) electrons. The van der Waals surface area contributed by atoms with Gasteiger partial charge in [0.15, 0.2) is 5.96 Å². The molecule has 0 bridgehead atoms. The molecular weight excluding hydrogens is 263 g/mol. The van der Waals surface area contributed by atoms with E-state index < -0.39 is 6.03 Å². The zero-order valence-corrected chi connectivity index (χ0v) is 10.9. The van der Waals surface area contributed by atoms with Gasteiger partial charge in [-0.3, -0.25) is 4.90 Å². The summed E-state index contributed by atoms with van der Waals surface area (Å²) in [5.74, 6) is -0.318. The molecule has 4 N–H and O–H groups in total. The van der Waals surface area contributed by atoms with Gasteiger partial charge in [-0.15, -0.1) is 0 Å². The summed E-state index contributed by atoms with van der Waals surface area (Å²) in [6.45, 7) is 1.85. The first-order valence-corrected chi connectivity index (χ1v) is 5.41. The summed E-state index contributed by atoms with van der Waals surface area (Å²) >= 11 is 12.0. The van der Waals surface area contributed by atoms with E-state index in [1.54, 1.807) is 12.1 Å². The number of urea groups is 1. The zero-order valence-electron chi connectivity index (χ0n) is 9.37. The number of carbonyl (C=O) groups excluding carboxylic acids is 1. The fraction of sp³-hybridized carbons (Fsp3) is 0.200. The molecule has 5 nitrogen and oxygen atoms in total. The molecule has 17 heavy (non-hydrogen) atoms. The van der Waals surface area contributed by atoms with Crippen LogP contribution in [0.25, 0.3) is 0 Å². The van der Waals surface area contributed by atoms with Crippen LogP contribution < -0.4 is 16.4 Å². The summed E-state index contributed by atoms with van der Waals surface area (Å²) in [6.07, 6.45) is 0. The second-order valence-electron chi connectivity index (χ2n) is 3.46. The van der Waals surface area contributed by atoms with Gasteiger partial charge < -0.3 is 11.5 Å². The van der Waals surface area contributed by atoms with Crippen LogP contribution in [0.3, 0.4) is 0 Å². The Bertz CT molecular complexity index is 460. The number of halogens is 2. The first kappa shape index (κ1) is 13.6. The van der Waals surface area contributed by atoms with Gasteiger partial charge in [0.05, 0.1) is 15.7 Å². The molecule has 2 amide bonds. The number of benzene rings is 1. The monoisotopic (exact) mass is 274 g/mol. The third-order valence-corrected chi connectivity index (χ3v) is 2.58. The molecule has 0 fully saturated rings. The fourth-order valence-corrected chi connectivity index (χ4v) is 2.14. The van der Waals surface area contributed by atoms with Crippen molar-refractivity contribution in [2.24, 2.45) is 16.5 Å². The Labute approximate surface area is 109 Å². The molecule has 1 aromatic rings. The lowest BCUT2D eigenvalue weighted by Gasteiger charge is -2.18. The molecule has 1 rings (SSSR count). The smallest absolute Gasteiger partial charge is 0.351 e. The Morgan fingerprint density at radius 2 is 1.76 bits per heavy atom. The minimum absolute atomic E-state index is 0.318. The van der Waals surface area contributed by atoms with Crippen LogP contribution in [0.2, 0.25) is 10.0 Å². The third-order valence-electron chi connectivity index (χ3n) is 2.01. The van der Waals surface area contributed by atoms with E-state index >= 15 is 0 Å². The van der Waals surface area contributed by atoms with E-state index in [-0.39, 0.29) is 5.96 Å². The largest absolute Gasteiger partial charge is 0.370 e. The van der Waals surface area contributed by atoms with Crippen molar-refractivity contribution < 1.29 is 4.79 Å². The Kier molecular flexibility index (Phi) is 4.20. The number of aryl methyl sites for hydroxylation is 1. The van der Waals surface area contributed by atoms with Gasteiger partial charge in [0.2, 0.25) is 0 Å². The summed E-state index contributed by atoms with van der Waals surface area (Å²) in [4.78, 5) is 16.2. The maximum atomic E-state index is 11.6. The number of anilines is 1. The van der Waals surface area contributed by atoms with E-state index in [4.69, 9.17) is 34.7 Å². The Morgan fingerprint density at radius 3 is 2.18 bits per heavy atom. The Balaban J connectivity index is 3.17. The Morgan fingerprint density at radius 1 is 1.29 bits per heavy atom. The molecule has 0 spiro atoms. The van der Waals surface area contributed by atoms with Crippen LogP contribution >= 0.6 is 23.2 Å². The van der Waals surface area contributed by atoms with E-state index in [9.17, 15) is 4.79 Å². The highest BCUT2D eigenvalue weighted by Gasteiger charge is 2.17. The third kappa shape index (κ3) is 3.25. The van der Waals surface area contributed by atoms with Crippen molar-refractivity contribution in [3.05, 3.63) is 27.7 Å². The highest BCUT2D eigenvalue weighted by molar-refractivity contribution is 6.40. The van der Waals surface area contributed by atoms with Crippen molar-refractivity contribution in [2.45, 2.75) is 6.92 Å². The molecule has 92 valence electrons. The van der Waals surface area contributed by atoms with Gasteiger partial charge in [0.25, 0.3) is 0 Å². The number of hydrogen-bond donors (Lipinski definition) is 2. The van der Waals surface area contributed by atoms with E-state index in [0.717, 1.165) is 5.56 Å². The summed E-state index contributed by atoms with van der Waals surface area (Å²) < 4.78 is 0. The minimum atomic E-state index is -0.641. The Hall–Kier alpha value is -1.46. The van der Waals surface area contributed by atoms with Gasteiger partial charge in [-0.1, -0.05) is 23.2 Å². The molecule has 1 aromatic carbocycles. The normalized spacial score (nSPS) is 9.88. The van der Waals surface area contributed by atoms with Gasteiger partial charge in [-0.2, -0.15) is 4.99 Å². The molecule has 0 aliphatic heterocycles. The maximum absolute atomic E-state index is 11.6. The van der Waals surface area contributed by atoms with E-state index in [1.807, 2.05) is 6.92 Å². The lowest BCUT2D eigenvalue weighted by Crippen LogP contribution is -2.30. The number of carbonyl (C=O) groups is 1. The molecule has 7 heteroatoms. The van der Waals surface area contributed by atoms with Crippen LogP contribution in [0, 0.1) is 6.92 Å². The van der Waals surface area contributed by atoms with Crippen LogP contribution in [-0.4, -0.2) is 19.0 Å². The SMILES string of the molecule is Cc1cc(Cl)c(N(C)C(=O)N=C(N)N)c(Cl)c1. The summed E-state index contributed by atoms with van der Waals surface area (Å²) in [6, 6.07) is 2.75. The van der Waals surface area contributed by atoms with Crippen LogP contribution in [0.4, 0.5) is 10.5 Å². The number of guanidine groups is 1. The maximum Gasteiger partial charge on any atom is 0.351 e. The predicted molar refractivity (Wildman–Crippen MR) is 70.8 cm³/mol. The molecule has 0 aliphatic carbocycles. The summed E-state index contributed by atoms with van der Waals surface area (Å²) in [7, 11) is 1.48. The first-order chi connectivity index (χ1) is 7.82. The topological polar surface area (TPSA) is 84.7 Å². The van der Waals surface area contributed by atoms with Crippen molar-refractivity contribution in [1.82, 2.24) is 0 Å². The van der Waals surface area contributed by atoms with E-state index in [1.165, 1.54) is 11.9 Å². The van der Waals surface area contributed by atoms with Crippen LogP contribution in [0.5, 0.6) is 0 Å². The molecule has 0 heterocycles. The number of hydrogen-bond acceptors (Lipinski definition) is 1. The van der Waals surface area contributed by atoms with Crippen molar-refractivity contribution in [3.63, 3.8) is 0 Å². The molecule has 0 aromatic heterocycles. The van der Waals surface area contributed by atoms with Crippen LogP contribution in [-0.2, 0) is 0 Å². The average Bonchev–Trinajstić information content (AvgIpc) is 2.14. The molecule has 0 saturated carbocycles. The number of nitrogens with two attached hydrogens (primary N) is 2. The standard InChI is InChI=1S/C10H12Cl2N4O/c1-5-3-6(11)8(7(12)4-5)16(2)10(17)15-9(13)14/h3-4H,1-2H3,(H4,13,14,15,17). The quantitative estimate of drug-likeness (QED) is 0.608. The molecule has 0 unspecified atom stereocenters. The fourth-order valence-electron chi connectivity index (χ4n) is 1.29.